The van der Waals surface area contributed by atoms with Crippen LogP contribution in [0.15, 0.2) is 95.0 Å². The van der Waals surface area contributed by atoms with Gasteiger partial charge in [-0.2, -0.15) is 0 Å². The predicted octanol–water partition coefficient (Wildman–Crippen LogP) is 6.03. The smallest absolute Gasteiger partial charge is 0.328 e. The number of carbonyl (C=O) groups is 3. The van der Waals surface area contributed by atoms with E-state index in [2.05, 4.69) is 20.9 Å². The van der Waals surface area contributed by atoms with E-state index in [1.807, 2.05) is 0 Å². The Labute approximate surface area is 262 Å². The molecule has 0 radical (unpaired) electrons. The van der Waals surface area contributed by atoms with Gasteiger partial charge in [-0.25, -0.2) is 18.0 Å². The number of anilines is 2. The van der Waals surface area contributed by atoms with E-state index >= 15 is 0 Å². The van der Waals surface area contributed by atoms with Crippen LogP contribution in [0.1, 0.15) is 15.9 Å². The van der Waals surface area contributed by atoms with Crippen molar-refractivity contribution in [1.82, 2.24) is 10.3 Å². The molecule has 4 rings (SSSR count). The summed E-state index contributed by atoms with van der Waals surface area (Å²) in [5, 5.41) is 8.05. The molecule has 4 aromatic rings. The fourth-order valence-electron chi connectivity index (χ4n) is 3.99. The minimum atomic E-state index is -4.01. The van der Waals surface area contributed by atoms with Crippen molar-refractivity contribution in [3.8, 4) is 0 Å². The summed E-state index contributed by atoms with van der Waals surface area (Å²) in [6.45, 7) is 0. The third kappa shape index (κ3) is 7.82. The van der Waals surface area contributed by atoms with Crippen LogP contribution in [0.25, 0.3) is 0 Å². The molecule has 1 heterocycles. The first-order chi connectivity index (χ1) is 20.5. The lowest BCUT2D eigenvalue weighted by Crippen LogP contribution is -2.45. The molecular formula is C29H23Cl3N4O6S. The largest absolute Gasteiger partial charge is 0.467 e. The number of hydrogen-bond donors (Lipinski definition) is 3. The van der Waals surface area contributed by atoms with Gasteiger partial charge >= 0.3 is 12.0 Å². The summed E-state index contributed by atoms with van der Waals surface area (Å²) in [5.74, 6) is -1.27. The molecule has 0 saturated heterocycles. The Balaban J connectivity index is 1.48. The summed E-state index contributed by atoms with van der Waals surface area (Å²) in [6, 6.07) is 16.1. The number of aromatic nitrogens is 1. The van der Waals surface area contributed by atoms with E-state index in [1.165, 1.54) is 49.8 Å². The maximum Gasteiger partial charge on any atom is 0.328 e. The first-order valence-corrected chi connectivity index (χ1v) is 15.1. The summed E-state index contributed by atoms with van der Waals surface area (Å²) in [5.41, 5.74) is 1.03. The Bertz CT molecular complexity index is 1750. The van der Waals surface area contributed by atoms with Crippen LogP contribution in [0, 0.1) is 0 Å². The molecule has 1 atom stereocenters. The molecule has 43 heavy (non-hydrogen) atoms. The first-order valence-electron chi connectivity index (χ1n) is 12.4. The van der Waals surface area contributed by atoms with Crippen LogP contribution < -0.4 is 16.0 Å². The van der Waals surface area contributed by atoms with E-state index in [0.717, 1.165) is 0 Å². The van der Waals surface area contributed by atoms with E-state index in [9.17, 15) is 22.8 Å². The number of sulfone groups is 1. The SMILES string of the molecule is COC(=O)[C@H](Cc1ccc(NC(=O)c2c(Cl)cncc2Cl)cc1)NC(=O)Nc1cc(Cl)ccc1S(=O)(=O)c1ccccc1. The molecular weight excluding hydrogens is 639 g/mol. The predicted molar refractivity (Wildman–Crippen MR) is 164 cm³/mol. The van der Waals surface area contributed by atoms with Gasteiger partial charge in [-0.3, -0.25) is 9.78 Å². The fraction of sp³-hybridized carbons (Fsp3) is 0.103. The van der Waals surface area contributed by atoms with Crippen molar-refractivity contribution in [2.45, 2.75) is 22.3 Å². The molecule has 0 spiro atoms. The molecule has 3 N–H and O–H groups in total. The number of hydrogen-bond acceptors (Lipinski definition) is 7. The highest BCUT2D eigenvalue weighted by Gasteiger charge is 2.26. The molecule has 0 aliphatic rings. The van der Waals surface area contributed by atoms with Gasteiger partial charge < -0.3 is 20.7 Å². The normalized spacial score (nSPS) is 11.7. The van der Waals surface area contributed by atoms with Gasteiger partial charge in [-0.1, -0.05) is 65.1 Å². The van der Waals surface area contributed by atoms with Crippen molar-refractivity contribution in [3.63, 3.8) is 0 Å². The van der Waals surface area contributed by atoms with Crippen LogP contribution in [0.4, 0.5) is 16.2 Å². The van der Waals surface area contributed by atoms with Crippen LogP contribution >= 0.6 is 34.8 Å². The van der Waals surface area contributed by atoms with Crippen molar-refractivity contribution in [3.05, 3.63) is 111 Å². The zero-order valence-corrected chi connectivity index (χ0v) is 25.4. The molecule has 3 amide bonds. The maximum absolute atomic E-state index is 13.2. The van der Waals surface area contributed by atoms with Crippen LogP contribution in [0.3, 0.4) is 0 Å². The number of ether oxygens (including phenoxy) is 1. The first kappa shape index (κ1) is 31.8. The molecule has 222 valence electrons. The quantitative estimate of drug-likeness (QED) is 0.186. The highest BCUT2D eigenvalue weighted by Crippen LogP contribution is 2.30. The topological polar surface area (TPSA) is 144 Å². The molecule has 0 saturated carbocycles. The van der Waals surface area contributed by atoms with Crippen LogP contribution in [-0.4, -0.2) is 44.5 Å². The summed E-state index contributed by atoms with van der Waals surface area (Å²) >= 11 is 18.2. The second-order valence-electron chi connectivity index (χ2n) is 8.96. The standard InChI is InChI=1S/C29H23Cl3N4O6S/c1-42-28(38)24(13-17-7-10-19(11-8-17)34-27(37)26-21(31)15-33-16-22(26)32)36-29(39)35-23-14-18(30)9-12-25(23)43(40,41)20-5-3-2-4-6-20/h2-12,14-16,24H,13H2,1H3,(H,34,37)(H2,35,36,39)/t24-/m0/s1. The van der Waals surface area contributed by atoms with Gasteiger partial charge in [0.25, 0.3) is 5.91 Å². The van der Waals surface area contributed by atoms with Gasteiger partial charge in [-0.05, 0) is 48.0 Å². The Morgan fingerprint density at radius 2 is 1.53 bits per heavy atom. The number of nitrogens with one attached hydrogen (secondary N) is 3. The van der Waals surface area contributed by atoms with E-state index in [-0.39, 0.29) is 42.5 Å². The Morgan fingerprint density at radius 3 is 2.16 bits per heavy atom. The second-order valence-corrected chi connectivity index (χ2v) is 12.1. The van der Waals surface area contributed by atoms with E-state index < -0.39 is 33.8 Å². The molecule has 1 aromatic heterocycles. The molecule has 14 heteroatoms. The second kappa shape index (κ2) is 13.9. The molecule has 3 aromatic carbocycles. The number of urea groups is 1. The summed E-state index contributed by atoms with van der Waals surface area (Å²) < 4.78 is 31.3. The van der Waals surface area contributed by atoms with Gasteiger partial charge in [0.1, 0.15) is 6.04 Å². The number of carbonyl (C=O) groups excluding carboxylic acids is 3. The van der Waals surface area contributed by atoms with Crippen LogP contribution in [0.2, 0.25) is 15.1 Å². The maximum atomic E-state index is 13.2. The zero-order valence-electron chi connectivity index (χ0n) is 22.3. The number of rotatable bonds is 9. The van der Waals surface area contributed by atoms with Crippen molar-refractivity contribution in [2.75, 3.05) is 17.7 Å². The van der Waals surface area contributed by atoms with Gasteiger partial charge in [0, 0.05) is 29.5 Å². The van der Waals surface area contributed by atoms with Gasteiger partial charge in [-0.15, -0.1) is 0 Å². The average Bonchev–Trinajstić information content (AvgIpc) is 2.97. The molecule has 10 nitrogen and oxygen atoms in total. The number of amides is 3. The molecule has 0 bridgehead atoms. The minimum Gasteiger partial charge on any atom is -0.467 e. The monoisotopic (exact) mass is 660 g/mol. The van der Waals surface area contributed by atoms with Crippen molar-refractivity contribution >= 4 is 73.9 Å². The van der Waals surface area contributed by atoms with Crippen molar-refractivity contribution < 1.29 is 27.5 Å². The highest BCUT2D eigenvalue weighted by molar-refractivity contribution is 7.91. The van der Waals surface area contributed by atoms with Crippen LogP contribution in [0.5, 0.6) is 0 Å². The Kier molecular flexibility index (Phi) is 10.3. The van der Waals surface area contributed by atoms with Gasteiger partial charge in [0.15, 0.2) is 0 Å². The fourth-order valence-corrected chi connectivity index (χ4v) is 6.12. The number of pyridine rings is 1. The lowest BCUT2D eigenvalue weighted by Gasteiger charge is -2.18. The summed E-state index contributed by atoms with van der Waals surface area (Å²) in [6.07, 6.45) is 2.62. The number of esters is 1. The number of nitrogens with zero attached hydrogens (tertiary/aromatic N) is 1. The molecule has 0 aliphatic heterocycles. The lowest BCUT2D eigenvalue weighted by molar-refractivity contribution is -0.142. The van der Waals surface area contributed by atoms with E-state index in [0.29, 0.717) is 11.3 Å². The molecule has 0 fully saturated rings. The summed E-state index contributed by atoms with van der Waals surface area (Å²) in [4.78, 5) is 41.8. The minimum absolute atomic E-state index is 0.0149. The summed E-state index contributed by atoms with van der Waals surface area (Å²) in [7, 11) is -2.83. The zero-order chi connectivity index (χ0) is 31.1. The highest BCUT2D eigenvalue weighted by atomic mass is 35.5. The Hall–Kier alpha value is -4.16. The Morgan fingerprint density at radius 1 is 0.884 bits per heavy atom. The number of benzene rings is 3. The van der Waals surface area contributed by atoms with Crippen molar-refractivity contribution in [2.24, 2.45) is 0 Å². The third-order valence-corrected chi connectivity index (χ3v) is 8.69. The number of methoxy groups -OCH3 is 1. The number of halogens is 3. The average molecular weight is 662 g/mol. The van der Waals surface area contributed by atoms with E-state index in [4.69, 9.17) is 39.5 Å². The molecule has 0 aliphatic carbocycles. The third-order valence-electron chi connectivity index (χ3n) is 6.06. The van der Waals surface area contributed by atoms with Gasteiger partial charge in [0.2, 0.25) is 9.84 Å². The van der Waals surface area contributed by atoms with Crippen LogP contribution in [-0.2, 0) is 25.8 Å². The lowest BCUT2D eigenvalue weighted by atomic mass is 10.1. The van der Waals surface area contributed by atoms with Gasteiger partial charge in [0.05, 0.1) is 38.2 Å². The van der Waals surface area contributed by atoms with Crippen molar-refractivity contribution in [1.29, 1.82) is 0 Å². The van der Waals surface area contributed by atoms with E-state index in [1.54, 1.807) is 42.5 Å². The molecule has 0 unspecified atom stereocenters.